The molecule has 3 N–H and O–H groups in total. The van der Waals surface area contributed by atoms with Crippen LogP contribution in [0.5, 0.6) is 5.75 Å². The number of likely N-dealkylation sites (tertiary alicyclic amines) is 1. The molecule has 0 radical (unpaired) electrons. The quantitative estimate of drug-likeness (QED) is 0.762. The summed E-state index contributed by atoms with van der Waals surface area (Å²) in [6.07, 6.45) is 3.15. The minimum absolute atomic E-state index is 0.000886. The number of nitrogens with zero attached hydrogens (tertiary/aromatic N) is 1. The molecule has 0 aliphatic carbocycles. The van der Waals surface area contributed by atoms with E-state index in [1.807, 2.05) is 0 Å². The number of halogens is 1. The number of rotatable bonds is 7. The van der Waals surface area contributed by atoms with E-state index in [0.29, 0.717) is 18.9 Å². The van der Waals surface area contributed by atoms with Gasteiger partial charge in [0.1, 0.15) is 24.3 Å². The number of hydrogen-bond donors (Lipinski definition) is 2. The third-order valence-corrected chi connectivity index (χ3v) is 5.09. The highest BCUT2D eigenvalue weighted by Crippen LogP contribution is 2.20. The predicted octanol–water partition coefficient (Wildman–Crippen LogP) is 1.29. The van der Waals surface area contributed by atoms with Gasteiger partial charge in [-0.15, -0.1) is 0 Å². The normalized spacial score (nSPS) is 24.5. The van der Waals surface area contributed by atoms with Gasteiger partial charge < -0.3 is 20.5 Å². The molecule has 0 unspecified atom stereocenters. The van der Waals surface area contributed by atoms with Crippen molar-refractivity contribution in [2.45, 2.75) is 43.9 Å². The van der Waals surface area contributed by atoms with Crippen LogP contribution in [0, 0.1) is 5.82 Å². The van der Waals surface area contributed by atoms with E-state index in [9.17, 15) is 9.18 Å². The van der Waals surface area contributed by atoms with E-state index in [0.717, 1.165) is 45.3 Å². The number of nitrogens with two attached hydrogens (primary N) is 1. The molecule has 0 bridgehead atoms. The molecule has 0 spiro atoms. The highest BCUT2D eigenvalue weighted by molar-refractivity contribution is 5.81. The molecular weight excluding hydrogens is 337 g/mol. The Morgan fingerprint density at radius 2 is 1.96 bits per heavy atom. The van der Waals surface area contributed by atoms with Crippen molar-refractivity contribution in [1.29, 1.82) is 0 Å². The van der Waals surface area contributed by atoms with Crippen molar-refractivity contribution >= 4 is 5.91 Å². The van der Waals surface area contributed by atoms with E-state index in [1.165, 1.54) is 12.1 Å². The lowest BCUT2D eigenvalue weighted by molar-refractivity contribution is -0.132. The molecule has 26 heavy (non-hydrogen) atoms. The summed E-state index contributed by atoms with van der Waals surface area (Å²) in [5, 5.41) is 3.12. The van der Waals surface area contributed by atoms with Crippen molar-refractivity contribution in [1.82, 2.24) is 10.2 Å². The summed E-state index contributed by atoms with van der Waals surface area (Å²) in [7, 11) is 0. The number of benzene rings is 1. The van der Waals surface area contributed by atoms with Crippen molar-refractivity contribution < 1.29 is 18.7 Å². The Hall–Kier alpha value is -1.70. The first-order chi connectivity index (χ1) is 12.6. The largest absolute Gasteiger partial charge is 0.492 e. The van der Waals surface area contributed by atoms with Crippen molar-refractivity contribution in [3.05, 3.63) is 30.1 Å². The van der Waals surface area contributed by atoms with E-state index in [4.69, 9.17) is 15.2 Å². The number of hydrogen-bond acceptors (Lipinski definition) is 5. The maximum absolute atomic E-state index is 12.9. The molecule has 2 fully saturated rings. The Kier molecular flexibility index (Phi) is 6.82. The Morgan fingerprint density at radius 3 is 2.62 bits per heavy atom. The summed E-state index contributed by atoms with van der Waals surface area (Å²) in [4.78, 5) is 14.6. The highest BCUT2D eigenvalue weighted by atomic mass is 19.1. The molecule has 2 aliphatic heterocycles. The van der Waals surface area contributed by atoms with E-state index >= 15 is 0 Å². The van der Waals surface area contributed by atoms with Gasteiger partial charge in [0.15, 0.2) is 0 Å². The molecule has 1 aromatic rings. The number of ether oxygens (including phenoxy) is 2. The lowest BCUT2D eigenvalue weighted by Gasteiger charge is -2.32. The topological polar surface area (TPSA) is 76.8 Å². The van der Waals surface area contributed by atoms with Gasteiger partial charge in [-0.1, -0.05) is 0 Å². The molecule has 1 aromatic carbocycles. The second-order valence-corrected chi connectivity index (χ2v) is 6.99. The summed E-state index contributed by atoms with van der Waals surface area (Å²) in [6.45, 7) is 3.71. The maximum Gasteiger partial charge on any atom is 0.249 e. The summed E-state index contributed by atoms with van der Waals surface area (Å²) in [6, 6.07) is 6.27. The van der Waals surface area contributed by atoms with Crippen molar-refractivity contribution in [3.63, 3.8) is 0 Å². The van der Waals surface area contributed by atoms with Crippen LogP contribution in [-0.2, 0) is 9.53 Å². The first-order valence-corrected chi connectivity index (χ1v) is 9.40. The van der Waals surface area contributed by atoms with Crippen molar-refractivity contribution in [3.8, 4) is 5.75 Å². The van der Waals surface area contributed by atoms with Gasteiger partial charge in [0, 0.05) is 32.2 Å². The average Bonchev–Trinajstić information content (AvgIpc) is 3.14. The van der Waals surface area contributed by atoms with E-state index in [1.54, 1.807) is 12.1 Å². The van der Waals surface area contributed by atoms with Crippen molar-refractivity contribution in [2.75, 3.05) is 32.8 Å². The number of carbonyl (C=O) groups excluding carboxylic acids is 1. The van der Waals surface area contributed by atoms with Crippen LogP contribution in [-0.4, -0.2) is 61.8 Å². The Morgan fingerprint density at radius 1 is 1.23 bits per heavy atom. The standard InChI is InChI=1S/C19H28FN3O3/c20-14-1-3-16(4-2-14)25-12-11-23-9-7-15(8-10-23)22-19(24)18-6-5-17(13-21)26-18/h1-4,15,17-18H,5-13,21H2,(H,22,24)/t17-,18+/m1/s1. The van der Waals surface area contributed by atoms with Gasteiger partial charge in [0.25, 0.3) is 0 Å². The molecule has 2 aliphatic rings. The number of carbonyl (C=O) groups is 1. The molecule has 0 aromatic heterocycles. The zero-order valence-electron chi connectivity index (χ0n) is 15.0. The smallest absolute Gasteiger partial charge is 0.249 e. The second kappa shape index (κ2) is 9.30. The fourth-order valence-corrected chi connectivity index (χ4v) is 3.49. The van der Waals surface area contributed by atoms with E-state index in [-0.39, 0.29) is 30.0 Å². The van der Waals surface area contributed by atoms with Crippen LogP contribution in [0.4, 0.5) is 4.39 Å². The fourth-order valence-electron chi connectivity index (χ4n) is 3.49. The van der Waals surface area contributed by atoms with Gasteiger partial charge in [-0.25, -0.2) is 4.39 Å². The van der Waals surface area contributed by atoms with Gasteiger partial charge >= 0.3 is 0 Å². The number of piperidine rings is 1. The van der Waals surface area contributed by atoms with E-state index in [2.05, 4.69) is 10.2 Å². The fraction of sp³-hybridized carbons (Fsp3) is 0.632. The van der Waals surface area contributed by atoms with Crippen LogP contribution < -0.4 is 15.8 Å². The first-order valence-electron chi connectivity index (χ1n) is 9.40. The maximum atomic E-state index is 12.9. The molecule has 3 rings (SSSR count). The molecule has 2 atom stereocenters. The van der Waals surface area contributed by atoms with Gasteiger partial charge in [-0.2, -0.15) is 0 Å². The zero-order chi connectivity index (χ0) is 18.4. The molecule has 2 heterocycles. The third kappa shape index (κ3) is 5.40. The van der Waals surface area contributed by atoms with Gasteiger partial charge in [0.05, 0.1) is 6.10 Å². The van der Waals surface area contributed by atoms with Gasteiger partial charge in [0.2, 0.25) is 5.91 Å². The Labute approximate surface area is 153 Å². The van der Waals surface area contributed by atoms with Crippen LogP contribution in [0.1, 0.15) is 25.7 Å². The monoisotopic (exact) mass is 365 g/mol. The Bertz CT molecular complexity index is 576. The molecule has 2 saturated heterocycles. The minimum atomic E-state index is -0.342. The molecule has 6 nitrogen and oxygen atoms in total. The van der Waals surface area contributed by atoms with Crippen LogP contribution in [0.3, 0.4) is 0 Å². The first kappa shape index (κ1) is 19.1. The van der Waals surface area contributed by atoms with Crippen molar-refractivity contribution in [2.24, 2.45) is 5.73 Å². The number of nitrogens with one attached hydrogen (secondary N) is 1. The molecule has 0 saturated carbocycles. The lowest BCUT2D eigenvalue weighted by atomic mass is 10.0. The molecular formula is C19H28FN3O3. The molecule has 7 heteroatoms. The van der Waals surface area contributed by atoms with Crippen LogP contribution in [0.2, 0.25) is 0 Å². The van der Waals surface area contributed by atoms with E-state index < -0.39 is 0 Å². The second-order valence-electron chi connectivity index (χ2n) is 6.99. The highest BCUT2D eigenvalue weighted by Gasteiger charge is 2.31. The lowest BCUT2D eigenvalue weighted by Crippen LogP contribution is -2.48. The predicted molar refractivity (Wildman–Crippen MR) is 96.4 cm³/mol. The van der Waals surface area contributed by atoms with Gasteiger partial charge in [-0.3, -0.25) is 9.69 Å². The summed E-state index contributed by atoms with van der Waals surface area (Å²) >= 11 is 0. The Balaban J connectivity index is 1.31. The third-order valence-electron chi connectivity index (χ3n) is 5.09. The van der Waals surface area contributed by atoms with Crippen LogP contribution in [0.15, 0.2) is 24.3 Å². The SMILES string of the molecule is NC[C@H]1CC[C@@H](C(=O)NC2CCN(CCOc3ccc(F)cc3)CC2)O1. The van der Waals surface area contributed by atoms with Gasteiger partial charge in [-0.05, 0) is 49.9 Å². The van der Waals surface area contributed by atoms with Crippen LogP contribution in [0.25, 0.3) is 0 Å². The summed E-state index contributed by atoms with van der Waals surface area (Å²) in [5.41, 5.74) is 5.59. The molecule has 144 valence electrons. The average molecular weight is 365 g/mol. The molecule has 1 amide bonds. The zero-order valence-corrected chi connectivity index (χ0v) is 15.0. The minimum Gasteiger partial charge on any atom is -0.492 e. The summed E-state index contributed by atoms with van der Waals surface area (Å²) < 4.78 is 24.1. The summed E-state index contributed by atoms with van der Waals surface area (Å²) in [5.74, 6) is 0.419. The van der Waals surface area contributed by atoms with Crippen LogP contribution >= 0.6 is 0 Å². The number of amides is 1.